The van der Waals surface area contributed by atoms with Crippen molar-refractivity contribution in [3.8, 4) is 0 Å². The Balaban J connectivity index is 2.39. The standard InChI is InChI=1S/C13H17NO5S/c1-9-8-19-10(2)7-14(9)20(17,18)12-5-3-4-11(6-12)13(15)16/h3-6,9-10H,7-8H2,1-2H3,(H,15,16)/t9-,10-/m1/s1. The van der Waals surface area contributed by atoms with E-state index >= 15 is 0 Å². The van der Waals surface area contributed by atoms with Crippen LogP contribution >= 0.6 is 0 Å². The molecule has 1 aromatic rings. The Labute approximate surface area is 118 Å². The highest BCUT2D eigenvalue weighted by Crippen LogP contribution is 2.23. The molecule has 0 aromatic heterocycles. The predicted octanol–water partition coefficient (Wildman–Crippen LogP) is 1.18. The molecule has 7 heteroatoms. The van der Waals surface area contributed by atoms with Crippen LogP contribution in [0, 0.1) is 0 Å². The number of aromatic carboxylic acids is 1. The van der Waals surface area contributed by atoms with E-state index < -0.39 is 16.0 Å². The minimum Gasteiger partial charge on any atom is -0.478 e. The highest BCUT2D eigenvalue weighted by atomic mass is 32.2. The fourth-order valence-electron chi connectivity index (χ4n) is 2.13. The van der Waals surface area contributed by atoms with Crippen LogP contribution in [0.5, 0.6) is 0 Å². The van der Waals surface area contributed by atoms with Crippen LogP contribution in [-0.2, 0) is 14.8 Å². The molecule has 1 fully saturated rings. The van der Waals surface area contributed by atoms with Gasteiger partial charge in [-0.25, -0.2) is 13.2 Å². The van der Waals surface area contributed by atoms with E-state index in [0.717, 1.165) is 0 Å². The molecule has 0 spiro atoms. The van der Waals surface area contributed by atoms with Gasteiger partial charge in [0.25, 0.3) is 0 Å². The first-order valence-electron chi connectivity index (χ1n) is 6.29. The van der Waals surface area contributed by atoms with Crippen molar-refractivity contribution in [3.63, 3.8) is 0 Å². The van der Waals surface area contributed by atoms with Gasteiger partial charge in [0.05, 0.1) is 23.2 Å². The Kier molecular flexibility index (Phi) is 4.12. The van der Waals surface area contributed by atoms with Gasteiger partial charge in [0.2, 0.25) is 10.0 Å². The molecule has 1 aliphatic rings. The molecule has 2 rings (SSSR count). The summed E-state index contributed by atoms with van der Waals surface area (Å²) in [4.78, 5) is 10.9. The molecule has 1 N–H and O–H groups in total. The highest BCUT2D eigenvalue weighted by molar-refractivity contribution is 7.89. The minimum atomic E-state index is -3.71. The summed E-state index contributed by atoms with van der Waals surface area (Å²) in [6.07, 6.45) is -0.177. The average molecular weight is 299 g/mol. The molecule has 1 aromatic carbocycles. The van der Waals surface area contributed by atoms with Gasteiger partial charge in [-0.3, -0.25) is 0 Å². The Hall–Kier alpha value is -1.44. The van der Waals surface area contributed by atoms with Crippen LogP contribution in [0.15, 0.2) is 29.2 Å². The largest absolute Gasteiger partial charge is 0.478 e. The lowest BCUT2D eigenvalue weighted by Gasteiger charge is -2.35. The summed E-state index contributed by atoms with van der Waals surface area (Å²) < 4.78 is 32.0. The number of benzene rings is 1. The van der Waals surface area contributed by atoms with E-state index in [1.165, 1.54) is 28.6 Å². The van der Waals surface area contributed by atoms with Crippen molar-refractivity contribution in [2.75, 3.05) is 13.2 Å². The summed E-state index contributed by atoms with van der Waals surface area (Å²) in [6, 6.07) is 5.13. The molecule has 110 valence electrons. The summed E-state index contributed by atoms with van der Waals surface area (Å²) in [5, 5.41) is 8.95. The minimum absolute atomic E-state index is 0.00153. The van der Waals surface area contributed by atoms with Crippen molar-refractivity contribution >= 4 is 16.0 Å². The number of carbonyl (C=O) groups is 1. The van der Waals surface area contributed by atoms with E-state index in [9.17, 15) is 13.2 Å². The lowest BCUT2D eigenvalue weighted by molar-refractivity contribution is -0.0170. The lowest BCUT2D eigenvalue weighted by Crippen LogP contribution is -2.50. The van der Waals surface area contributed by atoms with Crippen LogP contribution in [0.25, 0.3) is 0 Å². The van der Waals surface area contributed by atoms with Crippen LogP contribution in [0.2, 0.25) is 0 Å². The highest BCUT2D eigenvalue weighted by Gasteiger charge is 2.34. The topological polar surface area (TPSA) is 83.9 Å². The Bertz CT molecular complexity index is 613. The number of morpholine rings is 1. The molecule has 1 heterocycles. The first-order valence-corrected chi connectivity index (χ1v) is 7.73. The molecule has 0 bridgehead atoms. The van der Waals surface area contributed by atoms with Gasteiger partial charge >= 0.3 is 5.97 Å². The van der Waals surface area contributed by atoms with Gasteiger partial charge < -0.3 is 9.84 Å². The first kappa shape index (κ1) is 15.0. The van der Waals surface area contributed by atoms with Gasteiger partial charge in [-0.2, -0.15) is 4.31 Å². The first-order chi connectivity index (χ1) is 9.32. The van der Waals surface area contributed by atoms with Crippen molar-refractivity contribution in [3.05, 3.63) is 29.8 Å². The fourth-order valence-corrected chi connectivity index (χ4v) is 3.87. The van der Waals surface area contributed by atoms with E-state index in [4.69, 9.17) is 9.84 Å². The van der Waals surface area contributed by atoms with Gasteiger partial charge in [-0.1, -0.05) is 6.07 Å². The summed E-state index contributed by atoms with van der Waals surface area (Å²) >= 11 is 0. The predicted molar refractivity (Wildman–Crippen MR) is 72.2 cm³/mol. The second kappa shape index (κ2) is 5.51. The second-order valence-corrected chi connectivity index (χ2v) is 6.79. The fraction of sp³-hybridized carbons (Fsp3) is 0.462. The van der Waals surface area contributed by atoms with Crippen molar-refractivity contribution in [2.45, 2.75) is 30.9 Å². The van der Waals surface area contributed by atoms with Crippen molar-refractivity contribution in [2.24, 2.45) is 0 Å². The maximum Gasteiger partial charge on any atom is 0.335 e. The van der Waals surface area contributed by atoms with E-state index in [1.807, 2.05) is 6.92 Å². The average Bonchev–Trinajstić information content (AvgIpc) is 2.41. The molecular weight excluding hydrogens is 282 g/mol. The monoisotopic (exact) mass is 299 g/mol. The zero-order valence-corrected chi connectivity index (χ0v) is 12.1. The van der Waals surface area contributed by atoms with Gasteiger partial charge in [0, 0.05) is 12.6 Å². The number of ether oxygens (including phenoxy) is 1. The van der Waals surface area contributed by atoms with Crippen LogP contribution in [0.4, 0.5) is 0 Å². The van der Waals surface area contributed by atoms with E-state index in [2.05, 4.69) is 0 Å². The Morgan fingerprint density at radius 2 is 2.10 bits per heavy atom. The molecule has 0 unspecified atom stereocenters. The maximum absolute atomic E-state index is 12.6. The molecule has 2 atom stereocenters. The van der Waals surface area contributed by atoms with Gasteiger partial charge in [-0.15, -0.1) is 0 Å². The van der Waals surface area contributed by atoms with Crippen molar-refractivity contribution < 1.29 is 23.1 Å². The second-order valence-electron chi connectivity index (χ2n) is 4.90. The smallest absolute Gasteiger partial charge is 0.335 e. The zero-order valence-electron chi connectivity index (χ0n) is 11.3. The number of hydrogen-bond donors (Lipinski definition) is 1. The van der Waals surface area contributed by atoms with E-state index in [0.29, 0.717) is 6.61 Å². The van der Waals surface area contributed by atoms with Crippen molar-refractivity contribution in [1.29, 1.82) is 0 Å². The molecule has 0 aliphatic carbocycles. The van der Waals surface area contributed by atoms with Crippen LogP contribution in [-0.4, -0.2) is 49.1 Å². The molecule has 20 heavy (non-hydrogen) atoms. The summed E-state index contributed by atoms with van der Waals surface area (Å²) in [5.74, 6) is -1.15. The third-order valence-corrected chi connectivity index (χ3v) is 5.21. The van der Waals surface area contributed by atoms with Crippen LogP contribution in [0.1, 0.15) is 24.2 Å². The van der Waals surface area contributed by atoms with Crippen LogP contribution in [0.3, 0.4) is 0 Å². The molecule has 6 nitrogen and oxygen atoms in total. The van der Waals surface area contributed by atoms with E-state index in [1.54, 1.807) is 6.92 Å². The molecular formula is C13H17NO5S. The number of carboxylic acid groups (broad SMARTS) is 1. The van der Waals surface area contributed by atoms with Gasteiger partial charge in [0.15, 0.2) is 0 Å². The molecule has 0 radical (unpaired) electrons. The summed E-state index contributed by atoms with van der Waals surface area (Å²) in [5.41, 5.74) is -0.0416. The number of nitrogens with zero attached hydrogens (tertiary/aromatic N) is 1. The SMILES string of the molecule is C[C@@H]1CN(S(=O)(=O)c2cccc(C(=O)O)c2)[C@H](C)CO1. The van der Waals surface area contributed by atoms with Gasteiger partial charge in [0.1, 0.15) is 0 Å². The lowest BCUT2D eigenvalue weighted by atomic mass is 10.2. The Morgan fingerprint density at radius 1 is 1.40 bits per heavy atom. The number of sulfonamides is 1. The van der Waals surface area contributed by atoms with Gasteiger partial charge in [-0.05, 0) is 32.0 Å². The normalized spacial score (nSPS) is 24.5. The molecule has 0 amide bonds. The summed E-state index contributed by atoms with van der Waals surface area (Å²) in [6.45, 7) is 4.17. The Morgan fingerprint density at radius 3 is 2.75 bits per heavy atom. The molecule has 1 aliphatic heterocycles. The molecule has 1 saturated heterocycles. The van der Waals surface area contributed by atoms with Crippen molar-refractivity contribution in [1.82, 2.24) is 4.31 Å². The van der Waals surface area contributed by atoms with E-state index in [-0.39, 0.29) is 29.1 Å². The summed E-state index contributed by atoms with van der Waals surface area (Å²) in [7, 11) is -3.71. The maximum atomic E-state index is 12.6. The number of hydrogen-bond acceptors (Lipinski definition) is 4. The third-order valence-electron chi connectivity index (χ3n) is 3.24. The molecule has 0 saturated carbocycles. The quantitative estimate of drug-likeness (QED) is 0.906. The number of carboxylic acids is 1. The third kappa shape index (κ3) is 2.84. The van der Waals surface area contributed by atoms with Crippen LogP contribution < -0.4 is 0 Å². The zero-order chi connectivity index (χ0) is 14.9. The number of rotatable bonds is 3.